The van der Waals surface area contributed by atoms with E-state index in [1.165, 1.54) is 51.5 Å². The molecular weight excluding hydrogens is 208 g/mol. The van der Waals surface area contributed by atoms with Gasteiger partial charge in [0.25, 0.3) is 0 Å². The summed E-state index contributed by atoms with van der Waals surface area (Å²) in [5.41, 5.74) is 0. The Kier molecular flexibility index (Phi) is 3.45. The molecule has 3 aliphatic rings. The van der Waals surface area contributed by atoms with Gasteiger partial charge < -0.3 is 5.32 Å². The average molecular weight is 236 g/mol. The van der Waals surface area contributed by atoms with Crippen molar-refractivity contribution in [2.24, 2.45) is 11.8 Å². The summed E-state index contributed by atoms with van der Waals surface area (Å²) in [7, 11) is 2.16. The second kappa shape index (κ2) is 4.89. The lowest BCUT2D eigenvalue weighted by Gasteiger charge is -2.42. The first kappa shape index (κ1) is 12.0. The minimum atomic E-state index is 0.755. The summed E-state index contributed by atoms with van der Waals surface area (Å²) in [6, 6.07) is 2.53. The lowest BCUT2D eigenvalue weighted by molar-refractivity contribution is 0.0922. The Morgan fingerprint density at radius 3 is 2.41 bits per heavy atom. The van der Waals surface area contributed by atoms with Gasteiger partial charge in [-0.1, -0.05) is 6.92 Å². The van der Waals surface area contributed by atoms with Crippen LogP contribution in [0.4, 0.5) is 0 Å². The molecule has 2 heteroatoms. The Balaban J connectivity index is 1.67. The molecule has 0 aromatic carbocycles. The van der Waals surface area contributed by atoms with E-state index in [0.29, 0.717) is 0 Å². The SMILES string of the molecule is CNC1CCC(C)CC1N(CC1CC1)C1CC1. The van der Waals surface area contributed by atoms with Crippen LogP contribution < -0.4 is 5.32 Å². The van der Waals surface area contributed by atoms with Crippen LogP contribution in [0.2, 0.25) is 0 Å². The molecule has 0 aliphatic heterocycles. The van der Waals surface area contributed by atoms with Crippen molar-refractivity contribution in [2.75, 3.05) is 13.6 Å². The zero-order valence-electron chi connectivity index (χ0n) is 11.5. The molecule has 0 heterocycles. The van der Waals surface area contributed by atoms with Gasteiger partial charge in [0, 0.05) is 24.7 Å². The highest BCUT2D eigenvalue weighted by atomic mass is 15.2. The maximum absolute atomic E-state index is 3.59. The summed E-state index contributed by atoms with van der Waals surface area (Å²) in [6.07, 6.45) is 10.2. The van der Waals surface area contributed by atoms with Gasteiger partial charge in [0.1, 0.15) is 0 Å². The van der Waals surface area contributed by atoms with Crippen molar-refractivity contribution in [1.29, 1.82) is 0 Å². The molecule has 0 spiro atoms. The van der Waals surface area contributed by atoms with Gasteiger partial charge in [-0.05, 0) is 63.8 Å². The summed E-state index contributed by atoms with van der Waals surface area (Å²) < 4.78 is 0. The van der Waals surface area contributed by atoms with E-state index in [1.54, 1.807) is 0 Å². The second-order valence-corrected chi connectivity index (χ2v) is 6.75. The maximum Gasteiger partial charge on any atom is 0.0254 e. The van der Waals surface area contributed by atoms with Crippen molar-refractivity contribution in [1.82, 2.24) is 10.2 Å². The number of nitrogens with zero attached hydrogens (tertiary/aromatic N) is 1. The van der Waals surface area contributed by atoms with Crippen molar-refractivity contribution < 1.29 is 0 Å². The molecule has 17 heavy (non-hydrogen) atoms. The Labute approximate surface area is 106 Å². The van der Waals surface area contributed by atoms with E-state index in [2.05, 4.69) is 24.2 Å². The maximum atomic E-state index is 3.59. The lowest BCUT2D eigenvalue weighted by atomic mass is 9.82. The molecule has 0 bridgehead atoms. The molecule has 3 saturated carbocycles. The molecule has 3 unspecified atom stereocenters. The number of likely N-dealkylation sites (N-methyl/N-ethyl adjacent to an activating group) is 1. The van der Waals surface area contributed by atoms with Gasteiger partial charge in [-0.3, -0.25) is 4.90 Å². The Bertz CT molecular complexity index is 258. The van der Waals surface area contributed by atoms with Crippen molar-refractivity contribution in [3.8, 4) is 0 Å². The van der Waals surface area contributed by atoms with Crippen molar-refractivity contribution >= 4 is 0 Å². The zero-order valence-corrected chi connectivity index (χ0v) is 11.5. The van der Waals surface area contributed by atoms with Crippen molar-refractivity contribution in [3.63, 3.8) is 0 Å². The fourth-order valence-electron chi connectivity index (χ4n) is 3.61. The summed E-state index contributed by atoms with van der Waals surface area (Å²) in [5.74, 6) is 1.98. The third-order valence-electron chi connectivity index (χ3n) is 5.06. The van der Waals surface area contributed by atoms with Gasteiger partial charge in [0.2, 0.25) is 0 Å². The highest BCUT2D eigenvalue weighted by molar-refractivity contribution is 4.98. The molecular formula is C15H28N2. The predicted molar refractivity (Wildman–Crippen MR) is 72.1 cm³/mol. The molecule has 3 rings (SSSR count). The van der Waals surface area contributed by atoms with Gasteiger partial charge in [-0.15, -0.1) is 0 Å². The third-order valence-corrected chi connectivity index (χ3v) is 5.06. The van der Waals surface area contributed by atoms with Gasteiger partial charge in [-0.2, -0.15) is 0 Å². The third kappa shape index (κ3) is 2.85. The summed E-state index contributed by atoms with van der Waals surface area (Å²) in [5, 5.41) is 3.59. The van der Waals surface area contributed by atoms with Crippen LogP contribution in [0.1, 0.15) is 51.9 Å². The molecule has 98 valence electrons. The van der Waals surface area contributed by atoms with E-state index < -0.39 is 0 Å². The van der Waals surface area contributed by atoms with E-state index in [9.17, 15) is 0 Å². The molecule has 2 nitrogen and oxygen atoms in total. The quantitative estimate of drug-likeness (QED) is 0.789. The van der Waals surface area contributed by atoms with Crippen LogP contribution in [0, 0.1) is 11.8 Å². The van der Waals surface area contributed by atoms with Gasteiger partial charge in [0.05, 0.1) is 0 Å². The first-order valence-electron chi connectivity index (χ1n) is 7.71. The van der Waals surface area contributed by atoms with E-state index in [0.717, 1.165) is 30.0 Å². The van der Waals surface area contributed by atoms with Crippen LogP contribution in [-0.2, 0) is 0 Å². The summed E-state index contributed by atoms with van der Waals surface area (Å²) >= 11 is 0. The van der Waals surface area contributed by atoms with Crippen molar-refractivity contribution in [2.45, 2.75) is 70.0 Å². The summed E-state index contributed by atoms with van der Waals surface area (Å²) in [6.45, 7) is 3.85. The van der Waals surface area contributed by atoms with Crippen LogP contribution in [0.15, 0.2) is 0 Å². The highest BCUT2D eigenvalue weighted by Crippen LogP contribution is 2.39. The minimum Gasteiger partial charge on any atom is -0.315 e. The molecule has 3 fully saturated rings. The smallest absolute Gasteiger partial charge is 0.0254 e. The molecule has 3 atom stereocenters. The fraction of sp³-hybridized carbons (Fsp3) is 1.00. The molecule has 0 amide bonds. The minimum absolute atomic E-state index is 0.755. The molecule has 0 radical (unpaired) electrons. The van der Waals surface area contributed by atoms with Crippen LogP contribution in [0.25, 0.3) is 0 Å². The number of rotatable bonds is 5. The first-order valence-corrected chi connectivity index (χ1v) is 7.71. The van der Waals surface area contributed by atoms with E-state index >= 15 is 0 Å². The normalized spacial score (nSPS) is 38.6. The van der Waals surface area contributed by atoms with Crippen LogP contribution in [-0.4, -0.2) is 36.6 Å². The Morgan fingerprint density at radius 1 is 1.06 bits per heavy atom. The van der Waals surface area contributed by atoms with Gasteiger partial charge in [-0.25, -0.2) is 0 Å². The van der Waals surface area contributed by atoms with Crippen molar-refractivity contribution in [3.05, 3.63) is 0 Å². The Morgan fingerprint density at radius 2 is 1.82 bits per heavy atom. The van der Waals surface area contributed by atoms with Crippen LogP contribution in [0.5, 0.6) is 0 Å². The fourth-order valence-corrected chi connectivity index (χ4v) is 3.61. The number of hydrogen-bond donors (Lipinski definition) is 1. The van der Waals surface area contributed by atoms with Gasteiger partial charge >= 0.3 is 0 Å². The first-order chi connectivity index (χ1) is 8.28. The summed E-state index contributed by atoms with van der Waals surface area (Å²) in [4.78, 5) is 2.90. The van der Waals surface area contributed by atoms with E-state index in [-0.39, 0.29) is 0 Å². The number of hydrogen-bond acceptors (Lipinski definition) is 2. The molecule has 0 aromatic heterocycles. The lowest BCUT2D eigenvalue weighted by Crippen LogP contribution is -2.53. The Hall–Kier alpha value is -0.0800. The van der Waals surface area contributed by atoms with Gasteiger partial charge in [0.15, 0.2) is 0 Å². The molecule has 0 saturated heterocycles. The molecule has 1 N–H and O–H groups in total. The largest absolute Gasteiger partial charge is 0.315 e. The standard InChI is InChI=1S/C15H28N2/c1-11-3-8-14(16-2)15(9-11)17(13-6-7-13)10-12-4-5-12/h11-16H,3-10H2,1-2H3. The predicted octanol–water partition coefficient (Wildman–Crippen LogP) is 2.64. The van der Waals surface area contributed by atoms with E-state index in [4.69, 9.17) is 0 Å². The molecule has 0 aromatic rings. The highest BCUT2D eigenvalue weighted by Gasteiger charge is 2.41. The average Bonchev–Trinajstić information content (AvgIpc) is 3.17. The molecule has 3 aliphatic carbocycles. The zero-order chi connectivity index (χ0) is 11.8. The van der Waals surface area contributed by atoms with Crippen LogP contribution in [0.3, 0.4) is 0 Å². The second-order valence-electron chi connectivity index (χ2n) is 6.75. The number of nitrogens with one attached hydrogen (secondary N) is 1. The van der Waals surface area contributed by atoms with E-state index in [1.807, 2.05) is 0 Å². The topological polar surface area (TPSA) is 15.3 Å². The van der Waals surface area contributed by atoms with Crippen LogP contribution >= 0.6 is 0 Å². The monoisotopic (exact) mass is 236 g/mol.